The summed E-state index contributed by atoms with van der Waals surface area (Å²) in [6, 6.07) is 32.1. The quantitative estimate of drug-likeness (QED) is 0.162. The Morgan fingerprint density at radius 3 is 2.05 bits per heavy atom. The summed E-state index contributed by atoms with van der Waals surface area (Å²) in [5.74, 6) is 2.42. The van der Waals surface area contributed by atoms with Gasteiger partial charge >= 0.3 is 0 Å². The zero-order chi connectivity index (χ0) is 27.5. The fourth-order valence-electron chi connectivity index (χ4n) is 4.64. The van der Waals surface area contributed by atoms with E-state index in [-0.39, 0.29) is 12.0 Å². The van der Waals surface area contributed by atoms with Gasteiger partial charge in [-0.05, 0) is 77.6 Å². The zero-order valence-electron chi connectivity index (χ0n) is 22.8. The van der Waals surface area contributed by atoms with Crippen molar-refractivity contribution in [3.63, 3.8) is 0 Å². The maximum atomic E-state index is 6.78. The Kier molecular flexibility index (Phi) is 10.7. The van der Waals surface area contributed by atoms with Crippen LogP contribution in [0.2, 0.25) is 5.02 Å². The average Bonchev–Trinajstić information content (AvgIpc) is 2.98. The molecule has 0 radical (unpaired) electrons. The van der Waals surface area contributed by atoms with Crippen molar-refractivity contribution in [3.8, 4) is 17.2 Å². The molecule has 0 aliphatic heterocycles. The first-order chi connectivity index (χ1) is 19.1. The van der Waals surface area contributed by atoms with Gasteiger partial charge in [-0.2, -0.15) is 0 Å². The Balaban J connectivity index is 1.52. The van der Waals surface area contributed by atoms with Crippen LogP contribution in [0.1, 0.15) is 66.8 Å². The Morgan fingerprint density at radius 2 is 1.38 bits per heavy atom. The number of ether oxygens (including phenoxy) is 3. The van der Waals surface area contributed by atoms with Crippen molar-refractivity contribution in [2.75, 3.05) is 13.7 Å². The predicted octanol–water partition coefficient (Wildman–Crippen LogP) is 8.72. The standard InChI is InChI=1S/C34H38ClNO3/c1-3-4-8-21-38-28-17-13-27(14-18-28)34(36)23-31(32-22-30(37-2)19-20-33(32)35)26-11-15-29(16-12-26)39-24-25-9-6-5-7-10-25/h5-7,9-20,22,31,34H,3-4,8,21,23-24,36H2,1-2H3. The molecule has 0 saturated heterocycles. The van der Waals surface area contributed by atoms with E-state index in [4.69, 9.17) is 31.5 Å². The van der Waals surface area contributed by atoms with Crippen molar-refractivity contribution >= 4 is 11.6 Å². The molecule has 0 bridgehead atoms. The third-order valence-electron chi connectivity index (χ3n) is 6.92. The minimum absolute atomic E-state index is 0.0317. The number of unbranched alkanes of at least 4 members (excludes halogenated alkanes) is 2. The summed E-state index contributed by atoms with van der Waals surface area (Å²) in [5.41, 5.74) is 11.1. The molecule has 5 heteroatoms. The molecular weight excluding hydrogens is 506 g/mol. The van der Waals surface area contributed by atoms with Crippen LogP contribution in [0.5, 0.6) is 17.2 Å². The molecule has 2 unspecified atom stereocenters. The topological polar surface area (TPSA) is 53.7 Å². The van der Waals surface area contributed by atoms with Gasteiger partial charge in [0.15, 0.2) is 0 Å². The maximum Gasteiger partial charge on any atom is 0.119 e. The number of methoxy groups -OCH3 is 1. The lowest BCUT2D eigenvalue weighted by molar-refractivity contribution is 0.306. The van der Waals surface area contributed by atoms with Gasteiger partial charge in [0, 0.05) is 17.0 Å². The Hall–Kier alpha value is -3.47. The van der Waals surface area contributed by atoms with Crippen molar-refractivity contribution in [2.24, 2.45) is 5.73 Å². The lowest BCUT2D eigenvalue weighted by Gasteiger charge is -2.24. The maximum absolute atomic E-state index is 6.78. The SMILES string of the molecule is CCCCCOc1ccc(C(N)CC(c2ccc(OCc3ccccc3)cc2)c2cc(OC)ccc2Cl)cc1. The summed E-state index contributed by atoms with van der Waals surface area (Å²) < 4.78 is 17.4. The molecule has 0 amide bonds. The van der Waals surface area contributed by atoms with Crippen LogP contribution < -0.4 is 19.9 Å². The summed E-state index contributed by atoms with van der Waals surface area (Å²) in [6.07, 6.45) is 4.10. The highest BCUT2D eigenvalue weighted by atomic mass is 35.5. The van der Waals surface area contributed by atoms with Crippen LogP contribution in [0.3, 0.4) is 0 Å². The summed E-state index contributed by atoms with van der Waals surface area (Å²) in [6.45, 7) is 3.45. The Bertz CT molecular complexity index is 1280. The largest absolute Gasteiger partial charge is 0.497 e. The van der Waals surface area contributed by atoms with E-state index < -0.39 is 0 Å². The average molecular weight is 544 g/mol. The number of nitrogens with two attached hydrogens (primary N) is 1. The summed E-state index contributed by atoms with van der Waals surface area (Å²) in [7, 11) is 1.67. The van der Waals surface area contributed by atoms with Gasteiger partial charge in [-0.3, -0.25) is 0 Å². The van der Waals surface area contributed by atoms with Crippen LogP contribution in [0, 0.1) is 0 Å². The van der Waals surface area contributed by atoms with E-state index in [0.29, 0.717) is 18.1 Å². The monoisotopic (exact) mass is 543 g/mol. The molecule has 4 nitrogen and oxygen atoms in total. The first-order valence-electron chi connectivity index (χ1n) is 13.7. The van der Waals surface area contributed by atoms with Gasteiger partial charge in [0.05, 0.1) is 13.7 Å². The van der Waals surface area contributed by atoms with Crippen LogP contribution in [-0.4, -0.2) is 13.7 Å². The molecule has 0 fully saturated rings. The van der Waals surface area contributed by atoms with Crippen LogP contribution in [0.25, 0.3) is 0 Å². The minimum atomic E-state index is -0.194. The van der Waals surface area contributed by atoms with E-state index in [1.54, 1.807) is 7.11 Å². The molecule has 4 aromatic rings. The summed E-state index contributed by atoms with van der Waals surface area (Å²) >= 11 is 6.73. The highest BCUT2D eigenvalue weighted by Crippen LogP contribution is 2.39. The highest BCUT2D eigenvalue weighted by Gasteiger charge is 2.22. The molecule has 0 aliphatic rings. The molecule has 0 aliphatic carbocycles. The number of hydrogen-bond acceptors (Lipinski definition) is 4. The molecule has 4 aromatic carbocycles. The molecule has 0 saturated carbocycles. The van der Waals surface area contributed by atoms with Gasteiger partial charge in [0.1, 0.15) is 23.9 Å². The molecule has 0 spiro atoms. The number of benzene rings is 4. The molecule has 0 aromatic heterocycles. The van der Waals surface area contributed by atoms with Crippen LogP contribution in [-0.2, 0) is 6.61 Å². The molecule has 39 heavy (non-hydrogen) atoms. The molecule has 204 valence electrons. The van der Waals surface area contributed by atoms with Crippen molar-refractivity contribution in [2.45, 2.75) is 51.2 Å². The van der Waals surface area contributed by atoms with Gasteiger partial charge in [-0.1, -0.05) is 86.0 Å². The van der Waals surface area contributed by atoms with E-state index in [9.17, 15) is 0 Å². The third-order valence-corrected chi connectivity index (χ3v) is 7.27. The highest BCUT2D eigenvalue weighted by molar-refractivity contribution is 6.31. The van der Waals surface area contributed by atoms with Crippen LogP contribution >= 0.6 is 11.6 Å². The molecule has 2 N–H and O–H groups in total. The fraction of sp³-hybridized carbons (Fsp3) is 0.294. The Labute approximate surface area is 237 Å². The number of halogens is 1. The smallest absolute Gasteiger partial charge is 0.119 e. The second kappa shape index (κ2) is 14.6. The second-order valence-electron chi connectivity index (χ2n) is 9.75. The molecular formula is C34H38ClNO3. The normalized spacial score (nSPS) is 12.5. The van der Waals surface area contributed by atoms with Crippen molar-refractivity contribution in [1.29, 1.82) is 0 Å². The predicted molar refractivity (Wildman–Crippen MR) is 160 cm³/mol. The van der Waals surface area contributed by atoms with E-state index in [0.717, 1.165) is 52.5 Å². The minimum Gasteiger partial charge on any atom is -0.497 e. The van der Waals surface area contributed by atoms with Gasteiger partial charge in [0.25, 0.3) is 0 Å². The molecule has 0 heterocycles. The first-order valence-corrected chi connectivity index (χ1v) is 14.0. The number of rotatable bonds is 14. The third kappa shape index (κ3) is 8.26. The van der Waals surface area contributed by atoms with Gasteiger partial charge in [0.2, 0.25) is 0 Å². The van der Waals surface area contributed by atoms with Gasteiger partial charge in [-0.15, -0.1) is 0 Å². The zero-order valence-corrected chi connectivity index (χ0v) is 23.6. The van der Waals surface area contributed by atoms with Crippen LogP contribution in [0.15, 0.2) is 97.1 Å². The van der Waals surface area contributed by atoms with Crippen molar-refractivity contribution < 1.29 is 14.2 Å². The van der Waals surface area contributed by atoms with Gasteiger partial charge in [-0.25, -0.2) is 0 Å². The van der Waals surface area contributed by atoms with Crippen molar-refractivity contribution in [1.82, 2.24) is 0 Å². The van der Waals surface area contributed by atoms with E-state index >= 15 is 0 Å². The van der Waals surface area contributed by atoms with E-state index in [1.807, 2.05) is 60.7 Å². The van der Waals surface area contributed by atoms with E-state index in [1.165, 1.54) is 12.8 Å². The summed E-state index contributed by atoms with van der Waals surface area (Å²) in [4.78, 5) is 0. The Morgan fingerprint density at radius 1 is 0.744 bits per heavy atom. The van der Waals surface area contributed by atoms with Crippen molar-refractivity contribution in [3.05, 3.63) is 124 Å². The van der Waals surface area contributed by atoms with Crippen LogP contribution in [0.4, 0.5) is 0 Å². The molecule has 4 rings (SSSR count). The van der Waals surface area contributed by atoms with E-state index in [2.05, 4.69) is 43.3 Å². The fourth-order valence-corrected chi connectivity index (χ4v) is 4.89. The summed E-state index contributed by atoms with van der Waals surface area (Å²) in [5, 5.41) is 0.688. The lowest BCUT2D eigenvalue weighted by Crippen LogP contribution is -2.16. The number of hydrogen-bond donors (Lipinski definition) is 1. The lowest BCUT2D eigenvalue weighted by atomic mass is 9.84. The first kappa shape index (κ1) is 28.5. The molecule has 2 atom stereocenters. The second-order valence-corrected chi connectivity index (χ2v) is 10.2. The van der Waals surface area contributed by atoms with Gasteiger partial charge < -0.3 is 19.9 Å².